The van der Waals surface area contributed by atoms with E-state index < -0.39 is 35.1 Å². The highest BCUT2D eigenvalue weighted by atomic mass is 16.5. The number of carbonyl (C=O) groups excluding carboxylic acids is 5. The summed E-state index contributed by atoms with van der Waals surface area (Å²) in [6.45, 7) is 1.52. The Morgan fingerprint density at radius 3 is 2.43 bits per heavy atom. The number of hydrogen-bond donors (Lipinski definition) is 1. The van der Waals surface area contributed by atoms with Gasteiger partial charge in [-0.25, -0.2) is 9.69 Å². The Kier molecular flexibility index (Phi) is 4.69. The predicted octanol–water partition coefficient (Wildman–Crippen LogP) is 1.51. The van der Waals surface area contributed by atoms with E-state index in [1.165, 1.54) is 6.07 Å². The Morgan fingerprint density at radius 1 is 1.03 bits per heavy atom. The Hall–Kier alpha value is -3.81. The molecule has 30 heavy (non-hydrogen) atoms. The molecule has 2 aliphatic rings. The van der Waals surface area contributed by atoms with Crippen LogP contribution in [0.4, 0.5) is 0 Å². The largest absolute Gasteiger partial charge is 0.459 e. The molecule has 1 N–H and O–H groups in total. The summed E-state index contributed by atoms with van der Waals surface area (Å²) in [6.07, 6.45) is -0.547. The van der Waals surface area contributed by atoms with Gasteiger partial charge in [-0.1, -0.05) is 42.5 Å². The smallest absolute Gasteiger partial charge is 0.342 e. The van der Waals surface area contributed by atoms with Gasteiger partial charge in [0.15, 0.2) is 0 Å². The third-order valence-electron chi connectivity index (χ3n) is 5.40. The molecule has 4 amide bonds. The molecule has 0 aliphatic carbocycles. The van der Waals surface area contributed by atoms with Gasteiger partial charge >= 0.3 is 5.97 Å². The Balaban J connectivity index is 1.74. The van der Waals surface area contributed by atoms with Crippen molar-refractivity contribution in [1.29, 1.82) is 0 Å². The van der Waals surface area contributed by atoms with Crippen molar-refractivity contribution in [1.82, 2.24) is 10.2 Å². The van der Waals surface area contributed by atoms with Crippen LogP contribution in [0.15, 0.2) is 48.5 Å². The van der Waals surface area contributed by atoms with Crippen molar-refractivity contribution < 1.29 is 28.7 Å². The Labute approximate surface area is 171 Å². The third kappa shape index (κ3) is 2.88. The number of fused-ring (bicyclic) bond motifs is 1. The number of esters is 1. The van der Waals surface area contributed by atoms with Gasteiger partial charge in [-0.05, 0) is 30.5 Å². The molecule has 0 aromatic heterocycles. The zero-order chi connectivity index (χ0) is 21.5. The zero-order valence-electron chi connectivity index (χ0n) is 16.1. The molecule has 0 bridgehead atoms. The quantitative estimate of drug-likeness (QED) is 0.468. The molecule has 0 unspecified atom stereocenters. The van der Waals surface area contributed by atoms with Crippen LogP contribution >= 0.6 is 0 Å². The normalized spacial score (nSPS) is 20.8. The molecule has 1 saturated heterocycles. The first kappa shape index (κ1) is 19.5. The van der Waals surface area contributed by atoms with E-state index in [0.29, 0.717) is 16.0 Å². The monoisotopic (exact) mass is 406 g/mol. The zero-order valence-corrected chi connectivity index (χ0v) is 16.1. The Morgan fingerprint density at radius 2 is 1.77 bits per heavy atom. The van der Waals surface area contributed by atoms with Crippen molar-refractivity contribution in [3.8, 4) is 0 Å². The van der Waals surface area contributed by atoms with Crippen LogP contribution in [0.1, 0.15) is 44.7 Å². The minimum atomic E-state index is -2.25. The average Bonchev–Trinajstić information content (AvgIpc) is 2.99. The van der Waals surface area contributed by atoms with Crippen molar-refractivity contribution in [3.63, 3.8) is 0 Å². The average molecular weight is 406 g/mol. The van der Waals surface area contributed by atoms with Crippen LogP contribution in [0, 0.1) is 6.92 Å². The number of nitrogens with zero attached hydrogens (tertiary/aromatic N) is 1. The van der Waals surface area contributed by atoms with Crippen LogP contribution in [-0.2, 0) is 25.7 Å². The van der Waals surface area contributed by atoms with Gasteiger partial charge in [0, 0.05) is 6.42 Å². The maximum atomic E-state index is 13.2. The van der Waals surface area contributed by atoms with Crippen molar-refractivity contribution in [3.05, 3.63) is 70.8 Å². The van der Waals surface area contributed by atoms with Gasteiger partial charge in [-0.3, -0.25) is 24.5 Å². The number of hydrogen-bond acceptors (Lipinski definition) is 6. The Bertz CT molecular complexity index is 1090. The van der Waals surface area contributed by atoms with Crippen LogP contribution in [0.5, 0.6) is 0 Å². The van der Waals surface area contributed by atoms with Gasteiger partial charge in [-0.15, -0.1) is 0 Å². The summed E-state index contributed by atoms with van der Waals surface area (Å²) in [7, 11) is 0. The summed E-state index contributed by atoms with van der Waals surface area (Å²) in [6, 6.07) is 13.5. The third-order valence-corrected chi connectivity index (χ3v) is 5.40. The molecule has 2 aromatic carbocycles. The standard InChI is InChI=1S/C22H18N2O6/c1-13-6-5-9-15-17(13)19(27)24(18(15)26)22(11-10-16(25)23-20(22)28)21(29)30-12-14-7-3-2-4-8-14/h2-9H,10-12H2,1H3,(H,23,25,28)/t22-/m0/s1. The molecular weight excluding hydrogens is 388 g/mol. The van der Waals surface area contributed by atoms with Crippen LogP contribution in [-0.4, -0.2) is 40.0 Å². The van der Waals surface area contributed by atoms with E-state index in [2.05, 4.69) is 5.32 Å². The fourth-order valence-corrected chi connectivity index (χ4v) is 3.84. The van der Waals surface area contributed by atoms with Gasteiger partial charge in [0.05, 0.1) is 11.1 Å². The van der Waals surface area contributed by atoms with Crippen LogP contribution < -0.4 is 5.32 Å². The second-order valence-corrected chi connectivity index (χ2v) is 7.24. The molecule has 1 fully saturated rings. The van der Waals surface area contributed by atoms with Gasteiger partial charge in [0.1, 0.15) is 6.61 Å². The van der Waals surface area contributed by atoms with E-state index >= 15 is 0 Å². The number of nitrogens with one attached hydrogen (secondary N) is 1. The number of imide groups is 2. The summed E-state index contributed by atoms with van der Waals surface area (Å²) in [5.74, 6) is -4.19. The molecule has 8 heteroatoms. The predicted molar refractivity (Wildman–Crippen MR) is 103 cm³/mol. The minimum Gasteiger partial charge on any atom is -0.459 e. The van der Waals surface area contributed by atoms with Gasteiger partial charge in [-0.2, -0.15) is 0 Å². The topological polar surface area (TPSA) is 110 Å². The van der Waals surface area contributed by atoms with Crippen LogP contribution in [0.25, 0.3) is 0 Å². The molecule has 8 nitrogen and oxygen atoms in total. The number of benzene rings is 2. The SMILES string of the molecule is Cc1cccc2c1C(=O)N([C@@]1(C(=O)OCc3ccccc3)CCC(=O)NC1=O)C2=O. The molecule has 2 aliphatic heterocycles. The highest BCUT2D eigenvalue weighted by Gasteiger charge is 2.61. The molecule has 2 heterocycles. The van der Waals surface area contributed by atoms with E-state index in [1.54, 1.807) is 49.4 Å². The van der Waals surface area contributed by atoms with Gasteiger partial charge in [0.2, 0.25) is 11.4 Å². The van der Waals surface area contributed by atoms with Gasteiger partial charge in [0.25, 0.3) is 17.7 Å². The lowest BCUT2D eigenvalue weighted by Gasteiger charge is -2.38. The van der Waals surface area contributed by atoms with E-state index in [9.17, 15) is 24.0 Å². The van der Waals surface area contributed by atoms with E-state index in [0.717, 1.165) is 0 Å². The number of ether oxygens (including phenoxy) is 1. The molecule has 0 spiro atoms. The maximum absolute atomic E-state index is 13.2. The first-order chi connectivity index (χ1) is 14.4. The fourth-order valence-electron chi connectivity index (χ4n) is 3.84. The summed E-state index contributed by atoms with van der Waals surface area (Å²) >= 11 is 0. The van der Waals surface area contributed by atoms with E-state index in [4.69, 9.17) is 4.74 Å². The molecule has 4 rings (SSSR count). The lowest BCUT2D eigenvalue weighted by atomic mass is 9.86. The highest BCUT2D eigenvalue weighted by molar-refractivity contribution is 6.28. The molecule has 2 aromatic rings. The van der Waals surface area contributed by atoms with Crippen molar-refractivity contribution in [2.75, 3.05) is 0 Å². The van der Waals surface area contributed by atoms with Crippen molar-refractivity contribution in [2.45, 2.75) is 31.9 Å². The molecule has 0 radical (unpaired) electrons. The lowest BCUT2D eigenvalue weighted by Crippen LogP contribution is -2.68. The van der Waals surface area contributed by atoms with Crippen LogP contribution in [0.2, 0.25) is 0 Å². The number of aryl methyl sites for hydroxylation is 1. The first-order valence-corrected chi connectivity index (χ1v) is 9.40. The fraction of sp³-hybridized carbons (Fsp3) is 0.227. The summed E-state index contributed by atoms with van der Waals surface area (Å²) in [4.78, 5) is 64.8. The van der Waals surface area contributed by atoms with Crippen molar-refractivity contribution >= 4 is 29.6 Å². The number of rotatable bonds is 4. The summed E-state index contributed by atoms with van der Waals surface area (Å²) in [5.41, 5.74) is -0.773. The molecule has 1 atom stereocenters. The molecule has 0 saturated carbocycles. The van der Waals surface area contributed by atoms with Crippen molar-refractivity contribution in [2.24, 2.45) is 0 Å². The summed E-state index contributed by atoms with van der Waals surface area (Å²) in [5, 5.41) is 2.08. The number of piperidine rings is 1. The lowest BCUT2D eigenvalue weighted by molar-refractivity contribution is -0.165. The first-order valence-electron chi connectivity index (χ1n) is 9.40. The summed E-state index contributed by atoms with van der Waals surface area (Å²) < 4.78 is 5.36. The molecular formula is C22H18N2O6. The highest BCUT2D eigenvalue weighted by Crippen LogP contribution is 2.36. The second-order valence-electron chi connectivity index (χ2n) is 7.24. The molecule has 152 valence electrons. The number of carbonyl (C=O) groups is 5. The van der Waals surface area contributed by atoms with E-state index in [-0.39, 0.29) is 30.6 Å². The van der Waals surface area contributed by atoms with Crippen LogP contribution in [0.3, 0.4) is 0 Å². The van der Waals surface area contributed by atoms with Gasteiger partial charge < -0.3 is 4.74 Å². The second kappa shape index (κ2) is 7.22. The minimum absolute atomic E-state index is 0.111. The number of amides is 4. The maximum Gasteiger partial charge on any atom is 0.342 e. The van der Waals surface area contributed by atoms with E-state index in [1.807, 2.05) is 0 Å².